The third kappa shape index (κ3) is 4.53. The lowest BCUT2D eigenvalue weighted by atomic mass is 10.1. The highest BCUT2D eigenvalue weighted by atomic mass is 19.1. The van der Waals surface area contributed by atoms with Crippen LogP contribution < -0.4 is 4.90 Å². The van der Waals surface area contributed by atoms with Gasteiger partial charge in [0.25, 0.3) is 5.91 Å². The summed E-state index contributed by atoms with van der Waals surface area (Å²) in [7, 11) is 5.82. The number of carbonyl (C=O) groups is 1. The average Bonchev–Trinajstić information content (AvgIpc) is 3.03. The van der Waals surface area contributed by atoms with Gasteiger partial charge in [-0.15, -0.1) is 0 Å². The smallest absolute Gasteiger partial charge is 0.257 e. The SMILES string of the molecule is CC(C)CN(Cc1c(-c2ccccc2)nn(C)c1N(C)C)C(=O)c1ccccc1F. The summed E-state index contributed by atoms with van der Waals surface area (Å²) in [5.74, 6) is 0.345. The summed E-state index contributed by atoms with van der Waals surface area (Å²) in [4.78, 5) is 17.0. The summed E-state index contributed by atoms with van der Waals surface area (Å²) in [5.41, 5.74) is 2.85. The first-order valence-electron chi connectivity index (χ1n) is 10.1. The molecule has 0 spiro atoms. The fraction of sp³-hybridized carbons (Fsp3) is 0.333. The Morgan fingerprint density at radius 2 is 1.70 bits per heavy atom. The molecule has 5 nitrogen and oxygen atoms in total. The molecule has 0 saturated carbocycles. The highest BCUT2D eigenvalue weighted by Crippen LogP contribution is 2.31. The van der Waals surface area contributed by atoms with Crippen LogP contribution in [0.2, 0.25) is 0 Å². The molecule has 30 heavy (non-hydrogen) atoms. The van der Waals surface area contributed by atoms with Crippen molar-refractivity contribution >= 4 is 11.7 Å². The van der Waals surface area contributed by atoms with Gasteiger partial charge in [-0.3, -0.25) is 9.48 Å². The monoisotopic (exact) mass is 408 g/mol. The molecule has 0 fully saturated rings. The second kappa shape index (κ2) is 9.11. The minimum Gasteiger partial charge on any atom is -0.363 e. The minimum absolute atomic E-state index is 0.0923. The maximum atomic E-state index is 14.4. The quantitative estimate of drug-likeness (QED) is 0.574. The molecule has 0 aliphatic carbocycles. The zero-order valence-electron chi connectivity index (χ0n) is 18.3. The predicted octanol–water partition coefficient (Wildman–Crippen LogP) is 4.59. The first-order chi connectivity index (χ1) is 14.3. The van der Waals surface area contributed by atoms with Crippen molar-refractivity contribution in [1.82, 2.24) is 14.7 Å². The molecular weight excluding hydrogens is 379 g/mol. The van der Waals surface area contributed by atoms with Gasteiger partial charge in [0.15, 0.2) is 0 Å². The molecule has 0 saturated heterocycles. The van der Waals surface area contributed by atoms with E-state index in [4.69, 9.17) is 5.10 Å². The van der Waals surface area contributed by atoms with E-state index in [0.29, 0.717) is 13.1 Å². The van der Waals surface area contributed by atoms with Gasteiger partial charge < -0.3 is 9.80 Å². The van der Waals surface area contributed by atoms with Gasteiger partial charge in [-0.25, -0.2) is 4.39 Å². The third-order valence-electron chi connectivity index (χ3n) is 4.91. The predicted molar refractivity (Wildman–Crippen MR) is 119 cm³/mol. The largest absolute Gasteiger partial charge is 0.363 e. The average molecular weight is 409 g/mol. The molecule has 2 aromatic carbocycles. The van der Waals surface area contributed by atoms with E-state index in [1.807, 2.05) is 61.1 Å². The summed E-state index contributed by atoms with van der Waals surface area (Å²) in [6.45, 7) is 4.96. The molecular formula is C24H29FN4O. The van der Waals surface area contributed by atoms with Crippen LogP contribution in [0.15, 0.2) is 54.6 Å². The van der Waals surface area contributed by atoms with Gasteiger partial charge in [0.05, 0.1) is 17.8 Å². The van der Waals surface area contributed by atoms with Crippen LogP contribution in [0, 0.1) is 11.7 Å². The number of amides is 1. The normalized spacial score (nSPS) is 11.0. The highest BCUT2D eigenvalue weighted by molar-refractivity contribution is 5.94. The summed E-state index contributed by atoms with van der Waals surface area (Å²) in [5, 5.41) is 4.75. The van der Waals surface area contributed by atoms with Crippen molar-refractivity contribution in [2.75, 3.05) is 25.5 Å². The van der Waals surface area contributed by atoms with Crippen molar-refractivity contribution in [1.29, 1.82) is 0 Å². The van der Waals surface area contributed by atoms with Crippen molar-refractivity contribution in [3.8, 4) is 11.3 Å². The maximum absolute atomic E-state index is 14.4. The number of anilines is 1. The van der Waals surface area contributed by atoms with Crippen LogP contribution in [-0.4, -0.2) is 41.2 Å². The van der Waals surface area contributed by atoms with Crippen LogP contribution in [0.1, 0.15) is 29.8 Å². The van der Waals surface area contributed by atoms with Crippen molar-refractivity contribution in [2.45, 2.75) is 20.4 Å². The number of aryl methyl sites for hydroxylation is 1. The Balaban J connectivity index is 2.08. The van der Waals surface area contributed by atoms with Gasteiger partial charge in [-0.05, 0) is 18.1 Å². The molecule has 0 N–H and O–H groups in total. The van der Waals surface area contributed by atoms with Gasteiger partial charge in [0.1, 0.15) is 11.6 Å². The summed E-state index contributed by atoms with van der Waals surface area (Å²) in [6.07, 6.45) is 0. The molecule has 0 unspecified atom stereocenters. The summed E-state index contributed by atoms with van der Waals surface area (Å²) >= 11 is 0. The van der Waals surface area contributed by atoms with E-state index in [2.05, 4.69) is 13.8 Å². The van der Waals surface area contributed by atoms with Crippen LogP contribution in [0.5, 0.6) is 0 Å². The molecule has 0 atom stereocenters. The molecule has 3 rings (SSSR count). The van der Waals surface area contributed by atoms with Crippen molar-refractivity contribution in [3.05, 3.63) is 71.5 Å². The first kappa shape index (κ1) is 21.6. The maximum Gasteiger partial charge on any atom is 0.257 e. The van der Waals surface area contributed by atoms with Crippen molar-refractivity contribution < 1.29 is 9.18 Å². The molecule has 3 aromatic rings. The standard InChI is InChI=1S/C24H29FN4O/c1-17(2)15-29(24(30)19-13-9-10-14-21(19)25)16-20-22(18-11-7-6-8-12-18)26-28(5)23(20)27(3)4/h6-14,17H,15-16H2,1-5H3. The third-order valence-corrected chi connectivity index (χ3v) is 4.91. The van der Waals surface area contributed by atoms with Crippen LogP contribution in [0.25, 0.3) is 11.3 Å². The Hall–Kier alpha value is -3.15. The number of aromatic nitrogens is 2. The van der Waals surface area contributed by atoms with Crippen LogP contribution >= 0.6 is 0 Å². The second-order valence-electron chi connectivity index (χ2n) is 8.09. The zero-order valence-corrected chi connectivity index (χ0v) is 18.3. The molecule has 1 amide bonds. The number of hydrogen-bond donors (Lipinski definition) is 0. The van der Waals surface area contributed by atoms with E-state index in [1.165, 1.54) is 6.07 Å². The first-order valence-corrected chi connectivity index (χ1v) is 10.1. The molecule has 0 aliphatic rings. The Morgan fingerprint density at radius 3 is 2.30 bits per heavy atom. The Morgan fingerprint density at radius 1 is 1.07 bits per heavy atom. The topological polar surface area (TPSA) is 41.4 Å². The van der Waals surface area contributed by atoms with Crippen molar-refractivity contribution in [2.24, 2.45) is 13.0 Å². The number of benzene rings is 2. The molecule has 6 heteroatoms. The molecule has 0 radical (unpaired) electrons. The van der Waals surface area contributed by atoms with Gasteiger partial charge in [0, 0.05) is 38.8 Å². The molecule has 1 aromatic heterocycles. The van der Waals surface area contributed by atoms with E-state index < -0.39 is 5.82 Å². The lowest BCUT2D eigenvalue weighted by molar-refractivity contribution is 0.0718. The van der Waals surface area contributed by atoms with Gasteiger partial charge in [-0.1, -0.05) is 56.3 Å². The Labute approximate surface area is 177 Å². The van der Waals surface area contributed by atoms with Gasteiger partial charge >= 0.3 is 0 Å². The van der Waals surface area contributed by atoms with Crippen molar-refractivity contribution in [3.63, 3.8) is 0 Å². The van der Waals surface area contributed by atoms with Gasteiger partial charge in [0.2, 0.25) is 0 Å². The number of hydrogen-bond acceptors (Lipinski definition) is 3. The number of halogens is 1. The highest BCUT2D eigenvalue weighted by Gasteiger charge is 2.26. The summed E-state index contributed by atoms with van der Waals surface area (Å²) in [6, 6.07) is 16.1. The molecule has 1 heterocycles. The fourth-order valence-corrected chi connectivity index (χ4v) is 3.75. The van der Waals surface area contributed by atoms with E-state index in [-0.39, 0.29) is 17.4 Å². The van der Waals surface area contributed by atoms with E-state index in [0.717, 1.165) is 22.6 Å². The van der Waals surface area contributed by atoms with E-state index in [1.54, 1.807) is 23.1 Å². The Bertz CT molecular complexity index is 1010. The van der Waals surface area contributed by atoms with Crippen LogP contribution in [-0.2, 0) is 13.6 Å². The lowest BCUT2D eigenvalue weighted by Crippen LogP contribution is -2.35. The van der Waals surface area contributed by atoms with Crippen LogP contribution in [0.3, 0.4) is 0 Å². The molecule has 0 bridgehead atoms. The number of nitrogens with zero attached hydrogens (tertiary/aromatic N) is 4. The number of carbonyl (C=O) groups excluding carboxylic acids is 1. The molecule has 158 valence electrons. The van der Waals surface area contributed by atoms with Gasteiger partial charge in [-0.2, -0.15) is 5.10 Å². The Kier molecular flexibility index (Phi) is 6.55. The number of rotatable bonds is 7. The summed E-state index contributed by atoms with van der Waals surface area (Å²) < 4.78 is 16.2. The van der Waals surface area contributed by atoms with Crippen LogP contribution in [0.4, 0.5) is 10.2 Å². The fourth-order valence-electron chi connectivity index (χ4n) is 3.75. The molecule has 0 aliphatic heterocycles. The lowest BCUT2D eigenvalue weighted by Gasteiger charge is -2.26. The van der Waals surface area contributed by atoms with E-state index in [9.17, 15) is 9.18 Å². The zero-order chi connectivity index (χ0) is 21.8. The minimum atomic E-state index is -0.501. The second-order valence-corrected chi connectivity index (χ2v) is 8.09. The van der Waals surface area contributed by atoms with E-state index >= 15 is 0 Å².